The van der Waals surface area contributed by atoms with Gasteiger partial charge in [-0.3, -0.25) is 4.72 Å². The summed E-state index contributed by atoms with van der Waals surface area (Å²) in [5, 5.41) is 9.40. The van der Waals surface area contributed by atoms with Gasteiger partial charge in [0.05, 0.1) is 4.90 Å². The maximum atomic E-state index is 13.0. The molecule has 2 heterocycles. The van der Waals surface area contributed by atoms with Crippen LogP contribution in [0.15, 0.2) is 59.5 Å². The van der Waals surface area contributed by atoms with Gasteiger partial charge in [-0.05, 0) is 56.2 Å². The first-order valence-corrected chi connectivity index (χ1v) is 12.3. The molecule has 0 spiro atoms. The average molecular weight is 461 g/mol. The van der Waals surface area contributed by atoms with Gasteiger partial charge in [-0.2, -0.15) is 0 Å². The minimum atomic E-state index is -3.82. The molecular weight excluding hydrogens is 432 g/mol. The van der Waals surface area contributed by atoms with E-state index in [-0.39, 0.29) is 16.1 Å². The summed E-state index contributed by atoms with van der Waals surface area (Å²) in [6.45, 7) is 12.4. The maximum Gasteiger partial charge on any atom is 0.263 e. The van der Waals surface area contributed by atoms with Gasteiger partial charge < -0.3 is 0 Å². The summed E-state index contributed by atoms with van der Waals surface area (Å²) in [5.41, 5.74) is 6.26. The summed E-state index contributed by atoms with van der Waals surface area (Å²) in [4.78, 5) is 5.11. The summed E-state index contributed by atoms with van der Waals surface area (Å²) in [7, 11) is -3.82. The Morgan fingerprint density at radius 1 is 0.848 bits per heavy atom. The molecule has 1 N–H and O–H groups in total. The number of pyridine rings is 1. The number of sulfonamides is 1. The Bertz CT molecular complexity index is 1430. The van der Waals surface area contributed by atoms with E-state index in [2.05, 4.69) is 54.7 Å². The Kier molecular flexibility index (Phi) is 5.70. The van der Waals surface area contributed by atoms with E-state index in [1.165, 1.54) is 5.56 Å². The van der Waals surface area contributed by atoms with Crippen LogP contribution in [-0.2, 0) is 15.4 Å². The van der Waals surface area contributed by atoms with Crippen LogP contribution in [0.5, 0.6) is 0 Å². The molecule has 0 saturated carbocycles. The fourth-order valence-corrected chi connectivity index (χ4v) is 5.07. The first-order valence-electron chi connectivity index (χ1n) is 10.8. The van der Waals surface area contributed by atoms with Crippen LogP contribution in [-0.4, -0.2) is 23.6 Å². The molecule has 33 heavy (non-hydrogen) atoms. The summed E-state index contributed by atoms with van der Waals surface area (Å²) in [6, 6.07) is 16.2. The van der Waals surface area contributed by atoms with Gasteiger partial charge in [-0.25, -0.2) is 13.4 Å². The molecule has 2 aromatic heterocycles. The minimum absolute atomic E-state index is 0.160. The van der Waals surface area contributed by atoms with E-state index in [0.29, 0.717) is 16.6 Å². The van der Waals surface area contributed by atoms with Gasteiger partial charge in [-0.15, -0.1) is 10.2 Å². The zero-order chi connectivity index (χ0) is 24.0. The van der Waals surface area contributed by atoms with Gasteiger partial charge in [0, 0.05) is 22.1 Å². The molecule has 6 nitrogen and oxygen atoms in total. The first kappa shape index (κ1) is 22.9. The van der Waals surface area contributed by atoms with Crippen LogP contribution in [0.1, 0.15) is 43.2 Å². The second-order valence-corrected chi connectivity index (χ2v) is 11.1. The molecule has 0 aliphatic heterocycles. The zero-order valence-electron chi connectivity index (χ0n) is 19.8. The predicted octanol–water partition coefficient (Wildman–Crippen LogP) is 5.72. The average Bonchev–Trinajstić information content (AvgIpc) is 2.74. The quantitative estimate of drug-likeness (QED) is 0.421. The van der Waals surface area contributed by atoms with Gasteiger partial charge in [0.1, 0.15) is 11.2 Å². The van der Waals surface area contributed by atoms with Crippen LogP contribution in [0.2, 0.25) is 0 Å². The van der Waals surface area contributed by atoms with Crippen molar-refractivity contribution in [3.05, 3.63) is 77.0 Å². The van der Waals surface area contributed by atoms with Gasteiger partial charge >= 0.3 is 0 Å². The molecule has 4 aromatic rings. The third kappa shape index (κ3) is 4.46. The number of hydrogen-bond acceptors (Lipinski definition) is 5. The number of rotatable bonds is 4. The van der Waals surface area contributed by atoms with Crippen LogP contribution in [0.3, 0.4) is 0 Å². The molecule has 0 saturated heterocycles. The van der Waals surface area contributed by atoms with Crippen LogP contribution in [0.25, 0.3) is 22.2 Å². The molecule has 0 atom stereocenters. The highest BCUT2D eigenvalue weighted by Gasteiger charge is 2.23. The third-order valence-electron chi connectivity index (χ3n) is 5.59. The lowest BCUT2D eigenvalue weighted by atomic mass is 9.90. The van der Waals surface area contributed by atoms with Gasteiger partial charge in [0.25, 0.3) is 10.0 Å². The summed E-state index contributed by atoms with van der Waals surface area (Å²) in [6.07, 6.45) is 0. The molecule has 0 fully saturated rings. The van der Waals surface area contributed by atoms with E-state index >= 15 is 0 Å². The highest BCUT2D eigenvalue weighted by atomic mass is 32.2. The van der Waals surface area contributed by atoms with Gasteiger partial charge in [0.2, 0.25) is 0 Å². The minimum Gasteiger partial charge on any atom is -0.261 e. The molecule has 0 amide bonds. The highest BCUT2D eigenvalue weighted by Crippen LogP contribution is 2.35. The van der Waals surface area contributed by atoms with Gasteiger partial charge in [-0.1, -0.05) is 56.7 Å². The van der Waals surface area contributed by atoms with E-state index in [0.717, 1.165) is 22.4 Å². The lowest BCUT2D eigenvalue weighted by Crippen LogP contribution is -2.16. The van der Waals surface area contributed by atoms with Crippen molar-refractivity contribution >= 4 is 26.7 Å². The van der Waals surface area contributed by atoms with E-state index in [1.54, 1.807) is 30.3 Å². The van der Waals surface area contributed by atoms with Crippen LogP contribution in [0, 0.1) is 20.8 Å². The van der Waals surface area contributed by atoms with E-state index in [1.807, 2.05) is 26.0 Å². The standard InChI is InChI=1S/C26H28N4O2S/c1-16-14-17(2)22(18(3)15-16)24-23-20(12-13-21(27-23)26(4,5)6)25(29-28-24)30-33(31,32)19-10-8-7-9-11-19/h7-15H,1-6H3,(H,29,30). The van der Waals surface area contributed by atoms with Crippen molar-refractivity contribution < 1.29 is 8.42 Å². The van der Waals surface area contributed by atoms with Crippen molar-refractivity contribution in [2.45, 2.75) is 51.9 Å². The predicted molar refractivity (Wildman–Crippen MR) is 133 cm³/mol. The maximum absolute atomic E-state index is 13.0. The van der Waals surface area contributed by atoms with Crippen molar-refractivity contribution in [1.29, 1.82) is 0 Å². The molecular formula is C26H28N4O2S. The first-order chi connectivity index (χ1) is 15.5. The van der Waals surface area contributed by atoms with E-state index < -0.39 is 10.0 Å². The number of aryl methyl sites for hydroxylation is 3. The molecule has 0 aliphatic rings. The molecule has 4 rings (SSSR count). The number of fused-ring (bicyclic) bond motifs is 1. The van der Waals surface area contributed by atoms with Crippen molar-refractivity contribution in [3.63, 3.8) is 0 Å². The Morgan fingerprint density at radius 2 is 1.48 bits per heavy atom. The molecule has 2 aromatic carbocycles. The lowest BCUT2D eigenvalue weighted by Gasteiger charge is -2.20. The number of hydrogen-bond donors (Lipinski definition) is 1. The van der Waals surface area contributed by atoms with Crippen molar-refractivity contribution in [2.24, 2.45) is 0 Å². The zero-order valence-corrected chi connectivity index (χ0v) is 20.6. The lowest BCUT2D eigenvalue weighted by molar-refractivity contribution is 0.571. The molecule has 0 aliphatic carbocycles. The van der Waals surface area contributed by atoms with Crippen LogP contribution >= 0.6 is 0 Å². The Hall–Kier alpha value is -3.32. The third-order valence-corrected chi connectivity index (χ3v) is 6.95. The van der Waals surface area contributed by atoms with Crippen LogP contribution in [0.4, 0.5) is 5.82 Å². The van der Waals surface area contributed by atoms with Crippen molar-refractivity contribution in [2.75, 3.05) is 4.72 Å². The number of aromatic nitrogens is 3. The highest BCUT2D eigenvalue weighted by molar-refractivity contribution is 7.92. The molecule has 0 radical (unpaired) electrons. The summed E-state index contributed by atoms with van der Waals surface area (Å²) >= 11 is 0. The Labute approximate surface area is 195 Å². The monoisotopic (exact) mass is 460 g/mol. The SMILES string of the molecule is Cc1cc(C)c(-c2nnc(NS(=O)(=O)c3ccccc3)c3ccc(C(C)(C)C)nc23)c(C)c1. The van der Waals surface area contributed by atoms with Gasteiger partial charge in [0.15, 0.2) is 5.82 Å². The summed E-state index contributed by atoms with van der Waals surface area (Å²) in [5.74, 6) is 0.160. The molecule has 7 heteroatoms. The smallest absolute Gasteiger partial charge is 0.261 e. The summed E-state index contributed by atoms with van der Waals surface area (Å²) < 4.78 is 28.6. The Morgan fingerprint density at radius 3 is 2.09 bits per heavy atom. The second kappa shape index (κ2) is 8.23. The van der Waals surface area contributed by atoms with E-state index in [4.69, 9.17) is 4.98 Å². The van der Waals surface area contributed by atoms with Crippen molar-refractivity contribution in [1.82, 2.24) is 15.2 Å². The topological polar surface area (TPSA) is 84.8 Å². The second-order valence-electron chi connectivity index (χ2n) is 9.43. The number of benzene rings is 2. The molecule has 0 unspecified atom stereocenters. The largest absolute Gasteiger partial charge is 0.263 e. The number of nitrogens with zero attached hydrogens (tertiary/aromatic N) is 3. The Balaban J connectivity index is 1.97. The van der Waals surface area contributed by atoms with Crippen LogP contribution < -0.4 is 4.72 Å². The number of anilines is 1. The molecule has 170 valence electrons. The fraction of sp³-hybridized carbons (Fsp3) is 0.269. The normalized spacial score (nSPS) is 12.2. The molecule has 0 bridgehead atoms. The fourth-order valence-electron chi connectivity index (χ4n) is 4.03. The van der Waals surface area contributed by atoms with E-state index in [9.17, 15) is 8.42 Å². The van der Waals surface area contributed by atoms with Crippen molar-refractivity contribution in [3.8, 4) is 11.3 Å². The number of nitrogens with one attached hydrogen (secondary N) is 1.